The molecule has 0 bridgehead atoms. The molecule has 1 atom stereocenters. The molecule has 0 aliphatic carbocycles. The first-order valence-electron chi connectivity index (χ1n) is 4.80. The minimum atomic E-state index is -0.521. The number of aliphatic hydroxyl groups excluding tert-OH is 1. The Balaban J connectivity index is 2.50. The molecular weight excluding hydrogens is 214 g/mol. The van der Waals surface area contributed by atoms with Gasteiger partial charge in [0.1, 0.15) is 0 Å². The maximum atomic E-state index is 9.43. The molecule has 3 nitrogen and oxygen atoms in total. The largest absolute Gasteiger partial charge is 0.389 e. The summed E-state index contributed by atoms with van der Waals surface area (Å²) >= 11 is 6.01. The van der Waals surface area contributed by atoms with Gasteiger partial charge in [-0.15, -0.1) is 0 Å². The summed E-state index contributed by atoms with van der Waals surface area (Å²) in [6.07, 6.45) is -0.521. The van der Waals surface area contributed by atoms with Gasteiger partial charge in [-0.2, -0.15) is 0 Å². The van der Waals surface area contributed by atoms with Crippen molar-refractivity contribution >= 4 is 17.3 Å². The van der Waals surface area contributed by atoms with Crippen LogP contribution >= 0.6 is 11.6 Å². The quantitative estimate of drug-likeness (QED) is 0.812. The van der Waals surface area contributed by atoms with Gasteiger partial charge in [-0.1, -0.05) is 17.7 Å². The minimum Gasteiger partial charge on any atom is -0.389 e. The average molecular weight is 230 g/mol. The zero-order valence-electron chi connectivity index (χ0n) is 8.96. The highest BCUT2D eigenvalue weighted by atomic mass is 35.5. The fourth-order valence-corrected chi connectivity index (χ4v) is 1.54. The molecule has 0 aliphatic heterocycles. The van der Waals surface area contributed by atoms with Crippen molar-refractivity contribution in [3.05, 3.63) is 28.8 Å². The van der Waals surface area contributed by atoms with E-state index >= 15 is 0 Å². The number of benzene rings is 1. The van der Waals surface area contributed by atoms with E-state index in [9.17, 15) is 5.11 Å². The van der Waals surface area contributed by atoms with Crippen LogP contribution in [0.15, 0.2) is 18.2 Å². The third-order valence-corrected chi connectivity index (χ3v) is 2.32. The van der Waals surface area contributed by atoms with Crippen LogP contribution in [0.4, 0.5) is 5.69 Å². The SMILES string of the molecule is COCC(O)CNc1ccc(C)cc1Cl. The number of aryl methyl sites for hydroxylation is 1. The Morgan fingerprint density at radius 2 is 2.27 bits per heavy atom. The van der Waals surface area contributed by atoms with E-state index < -0.39 is 6.10 Å². The first kappa shape index (κ1) is 12.3. The second kappa shape index (κ2) is 5.95. The normalized spacial score (nSPS) is 12.5. The topological polar surface area (TPSA) is 41.5 Å². The smallest absolute Gasteiger partial charge is 0.0945 e. The van der Waals surface area contributed by atoms with E-state index in [0.29, 0.717) is 18.2 Å². The molecule has 1 unspecified atom stereocenters. The summed E-state index contributed by atoms with van der Waals surface area (Å²) in [7, 11) is 1.56. The molecule has 0 amide bonds. The molecule has 4 heteroatoms. The molecule has 0 heterocycles. The zero-order chi connectivity index (χ0) is 11.3. The zero-order valence-corrected chi connectivity index (χ0v) is 9.71. The lowest BCUT2D eigenvalue weighted by Crippen LogP contribution is -2.24. The Morgan fingerprint density at radius 1 is 1.53 bits per heavy atom. The summed E-state index contributed by atoms with van der Waals surface area (Å²) < 4.78 is 4.82. The molecule has 1 aromatic carbocycles. The van der Waals surface area contributed by atoms with Crippen molar-refractivity contribution in [1.29, 1.82) is 0 Å². The van der Waals surface area contributed by atoms with Gasteiger partial charge in [0, 0.05) is 13.7 Å². The van der Waals surface area contributed by atoms with Gasteiger partial charge >= 0.3 is 0 Å². The van der Waals surface area contributed by atoms with E-state index in [1.807, 2.05) is 25.1 Å². The lowest BCUT2D eigenvalue weighted by Gasteiger charge is -2.13. The van der Waals surface area contributed by atoms with Crippen LogP contribution in [0.25, 0.3) is 0 Å². The van der Waals surface area contributed by atoms with Gasteiger partial charge in [0.2, 0.25) is 0 Å². The summed E-state index contributed by atoms with van der Waals surface area (Å²) in [5, 5.41) is 13.2. The highest BCUT2D eigenvalue weighted by molar-refractivity contribution is 6.33. The van der Waals surface area contributed by atoms with Gasteiger partial charge in [0.25, 0.3) is 0 Å². The van der Waals surface area contributed by atoms with Gasteiger partial charge in [-0.25, -0.2) is 0 Å². The summed E-state index contributed by atoms with van der Waals surface area (Å²) in [6.45, 7) is 2.72. The fourth-order valence-electron chi connectivity index (χ4n) is 1.24. The third-order valence-electron chi connectivity index (χ3n) is 2.01. The molecule has 0 radical (unpaired) electrons. The van der Waals surface area contributed by atoms with Crippen LogP contribution in [-0.2, 0) is 4.74 Å². The highest BCUT2D eigenvalue weighted by Crippen LogP contribution is 2.22. The van der Waals surface area contributed by atoms with Crippen LogP contribution in [0.5, 0.6) is 0 Å². The Bertz CT molecular complexity index is 317. The molecule has 0 fully saturated rings. The van der Waals surface area contributed by atoms with Crippen LogP contribution < -0.4 is 5.32 Å². The highest BCUT2D eigenvalue weighted by Gasteiger charge is 2.04. The molecule has 15 heavy (non-hydrogen) atoms. The maximum absolute atomic E-state index is 9.43. The van der Waals surface area contributed by atoms with Crippen molar-refractivity contribution in [1.82, 2.24) is 0 Å². The van der Waals surface area contributed by atoms with Crippen molar-refractivity contribution in [2.24, 2.45) is 0 Å². The number of hydrogen-bond donors (Lipinski definition) is 2. The standard InChI is InChI=1S/C11H16ClNO2/c1-8-3-4-11(10(12)5-8)13-6-9(14)7-15-2/h3-5,9,13-14H,6-7H2,1-2H3. The summed E-state index contributed by atoms with van der Waals surface area (Å²) in [5.41, 5.74) is 1.94. The molecule has 1 aromatic rings. The second-order valence-corrected chi connectivity index (χ2v) is 3.88. The lowest BCUT2D eigenvalue weighted by atomic mass is 10.2. The fraction of sp³-hybridized carbons (Fsp3) is 0.455. The third kappa shape index (κ3) is 4.08. The molecule has 0 spiro atoms. The van der Waals surface area contributed by atoms with Crippen molar-refractivity contribution in [2.45, 2.75) is 13.0 Å². The van der Waals surface area contributed by atoms with Crippen LogP contribution in [0.2, 0.25) is 5.02 Å². The van der Waals surface area contributed by atoms with Crippen LogP contribution in [0, 0.1) is 6.92 Å². The maximum Gasteiger partial charge on any atom is 0.0945 e. The Labute approximate surface area is 95.0 Å². The van der Waals surface area contributed by atoms with Crippen molar-refractivity contribution in [2.75, 3.05) is 25.6 Å². The number of rotatable bonds is 5. The van der Waals surface area contributed by atoms with E-state index in [1.165, 1.54) is 0 Å². The van der Waals surface area contributed by atoms with Crippen molar-refractivity contribution in [3.8, 4) is 0 Å². The number of hydrogen-bond acceptors (Lipinski definition) is 3. The molecule has 0 saturated carbocycles. The monoisotopic (exact) mass is 229 g/mol. The number of ether oxygens (including phenoxy) is 1. The Morgan fingerprint density at radius 3 is 2.87 bits per heavy atom. The first-order valence-corrected chi connectivity index (χ1v) is 5.18. The predicted octanol–water partition coefficient (Wildman–Crippen LogP) is 2.07. The van der Waals surface area contributed by atoms with Gasteiger partial charge in [0.15, 0.2) is 0 Å². The van der Waals surface area contributed by atoms with Gasteiger partial charge in [0.05, 0.1) is 23.4 Å². The lowest BCUT2D eigenvalue weighted by molar-refractivity contribution is 0.0727. The number of aliphatic hydroxyl groups is 1. The Kier molecular flexibility index (Phi) is 4.88. The molecule has 0 aromatic heterocycles. The van der Waals surface area contributed by atoms with E-state index in [-0.39, 0.29) is 0 Å². The van der Waals surface area contributed by atoms with Gasteiger partial charge in [-0.3, -0.25) is 0 Å². The van der Waals surface area contributed by atoms with E-state index in [4.69, 9.17) is 16.3 Å². The minimum absolute atomic E-state index is 0.316. The van der Waals surface area contributed by atoms with E-state index in [0.717, 1.165) is 11.3 Å². The number of methoxy groups -OCH3 is 1. The van der Waals surface area contributed by atoms with E-state index in [1.54, 1.807) is 7.11 Å². The van der Waals surface area contributed by atoms with Gasteiger partial charge in [-0.05, 0) is 24.6 Å². The van der Waals surface area contributed by atoms with Gasteiger partial charge < -0.3 is 15.2 Å². The van der Waals surface area contributed by atoms with Crippen LogP contribution in [-0.4, -0.2) is 31.5 Å². The average Bonchev–Trinajstić information content (AvgIpc) is 2.17. The van der Waals surface area contributed by atoms with Crippen molar-refractivity contribution in [3.63, 3.8) is 0 Å². The summed E-state index contributed by atoms with van der Waals surface area (Å²) in [6, 6.07) is 5.75. The summed E-state index contributed by atoms with van der Waals surface area (Å²) in [4.78, 5) is 0. The molecule has 84 valence electrons. The molecule has 2 N–H and O–H groups in total. The molecule has 1 rings (SSSR count). The van der Waals surface area contributed by atoms with Crippen LogP contribution in [0.3, 0.4) is 0 Å². The second-order valence-electron chi connectivity index (χ2n) is 3.47. The summed E-state index contributed by atoms with van der Waals surface area (Å²) in [5.74, 6) is 0. The first-order chi connectivity index (χ1) is 7.13. The van der Waals surface area contributed by atoms with Crippen molar-refractivity contribution < 1.29 is 9.84 Å². The predicted molar refractivity (Wildman–Crippen MR) is 62.6 cm³/mol. The number of anilines is 1. The van der Waals surface area contributed by atoms with Crippen LogP contribution in [0.1, 0.15) is 5.56 Å². The number of halogens is 1. The molecule has 0 saturated heterocycles. The number of nitrogens with one attached hydrogen (secondary N) is 1. The molecular formula is C11H16ClNO2. The Hall–Kier alpha value is -0.770. The molecule has 0 aliphatic rings. The van der Waals surface area contributed by atoms with E-state index in [2.05, 4.69) is 5.32 Å².